The van der Waals surface area contributed by atoms with Crippen LogP contribution in [-0.4, -0.2) is 11.6 Å². The Morgan fingerprint density at radius 1 is 1.20 bits per heavy atom. The third kappa shape index (κ3) is 3.96. The van der Waals surface area contributed by atoms with Gasteiger partial charge >= 0.3 is 0 Å². The highest BCUT2D eigenvalue weighted by Crippen LogP contribution is 2.35. The van der Waals surface area contributed by atoms with Gasteiger partial charge in [0.05, 0.1) is 21.2 Å². The van der Waals surface area contributed by atoms with E-state index in [0.717, 1.165) is 30.5 Å². The molecular weight excluding hydrogens is 452 g/mol. The Hall–Kier alpha value is -0.590. The number of anilines is 1. The van der Waals surface area contributed by atoms with E-state index in [2.05, 4.69) is 58.1 Å². The maximum absolute atomic E-state index is 5.57. The first-order valence-electron chi connectivity index (χ1n) is 6.07. The van der Waals surface area contributed by atoms with Crippen molar-refractivity contribution in [3.05, 3.63) is 49.6 Å². The van der Waals surface area contributed by atoms with E-state index in [1.165, 1.54) is 0 Å². The number of pyridine rings is 1. The molecule has 106 valence electrons. The highest BCUT2D eigenvalue weighted by atomic mass is 79.9. The number of benzene rings is 1. The predicted molar refractivity (Wildman–Crippen MR) is 92.3 cm³/mol. The van der Waals surface area contributed by atoms with E-state index in [0.29, 0.717) is 13.2 Å². The van der Waals surface area contributed by atoms with Crippen molar-refractivity contribution in [3.8, 4) is 5.75 Å². The molecule has 0 atom stereocenters. The minimum absolute atomic E-state index is 0.636. The molecule has 20 heavy (non-hydrogen) atoms. The van der Waals surface area contributed by atoms with E-state index in [1.807, 2.05) is 31.2 Å². The molecule has 2 aromatic rings. The van der Waals surface area contributed by atoms with E-state index in [9.17, 15) is 0 Å². The Bertz CT molecular complexity index is 582. The topological polar surface area (TPSA) is 34.1 Å². The summed E-state index contributed by atoms with van der Waals surface area (Å²) in [6, 6.07) is 7.98. The van der Waals surface area contributed by atoms with Crippen LogP contribution in [0.25, 0.3) is 0 Å². The van der Waals surface area contributed by atoms with Crippen LogP contribution in [0.2, 0.25) is 0 Å². The fraction of sp³-hybridized carbons (Fsp3) is 0.214. The Balaban J connectivity index is 2.13. The summed E-state index contributed by atoms with van der Waals surface area (Å²) in [7, 11) is 0. The van der Waals surface area contributed by atoms with E-state index in [1.54, 1.807) is 6.20 Å². The third-order valence-electron chi connectivity index (χ3n) is 2.59. The number of aromatic nitrogens is 1. The van der Waals surface area contributed by atoms with E-state index in [4.69, 9.17) is 4.74 Å². The van der Waals surface area contributed by atoms with Crippen molar-refractivity contribution in [2.75, 3.05) is 11.9 Å². The summed E-state index contributed by atoms with van der Waals surface area (Å²) in [6.45, 7) is 3.31. The first-order valence-corrected chi connectivity index (χ1v) is 8.44. The number of halogens is 3. The lowest BCUT2D eigenvalue weighted by Gasteiger charge is -2.12. The molecule has 0 saturated carbocycles. The molecule has 0 spiro atoms. The van der Waals surface area contributed by atoms with Gasteiger partial charge in [-0.3, -0.25) is 0 Å². The molecule has 0 aliphatic carbocycles. The van der Waals surface area contributed by atoms with Crippen LogP contribution in [0.15, 0.2) is 44.0 Å². The van der Waals surface area contributed by atoms with Gasteiger partial charge in [-0.25, -0.2) is 4.98 Å². The molecule has 0 amide bonds. The molecule has 6 heteroatoms. The molecule has 0 fully saturated rings. The molecule has 1 heterocycles. The highest BCUT2D eigenvalue weighted by molar-refractivity contribution is 9.11. The van der Waals surface area contributed by atoms with Crippen molar-refractivity contribution in [1.82, 2.24) is 4.98 Å². The van der Waals surface area contributed by atoms with Crippen LogP contribution >= 0.6 is 47.8 Å². The van der Waals surface area contributed by atoms with Crippen LogP contribution in [0.4, 0.5) is 5.69 Å². The molecule has 0 aliphatic heterocycles. The molecule has 1 N–H and O–H groups in total. The second kappa shape index (κ2) is 7.43. The first-order chi connectivity index (χ1) is 9.61. The van der Waals surface area contributed by atoms with Crippen LogP contribution in [0.5, 0.6) is 5.75 Å². The maximum atomic E-state index is 5.57. The maximum Gasteiger partial charge on any atom is 0.147 e. The average molecular weight is 465 g/mol. The van der Waals surface area contributed by atoms with Gasteiger partial charge in [-0.2, -0.15) is 0 Å². The van der Waals surface area contributed by atoms with E-state index < -0.39 is 0 Å². The number of nitrogens with one attached hydrogen (secondary N) is 1. The van der Waals surface area contributed by atoms with Crippen LogP contribution in [0.1, 0.15) is 12.5 Å². The van der Waals surface area contributed by atoms with Crippen LogP contribution < -0.4 is 10.1 Å². The number of hydrogen-bond donors (Lipinski definition) is 1. The number of ether oxygens (including phenoxy) is 1. The minimum Gasteiger partial charge on any atom is -0.492 e. The Morgan fingerprint density at radius 2 is 1.90 bits per heavy atom. The largest absolute Gasteiger partial charge is 0.492 e. The summed E-state index contributed by atoms with van der Waals surface area (Å²) in [5.41, 5.74) is 2.11. The second-order valence-electron chi connectivity index (χ2n) is 4.02. The summed E-state index contributed by atoms with van der Waals surface area (Å²) < 4.78 is 8.26. The third-order valence-corrected chi connectivity index (χ3v) is 4.40. The zero-order valence-electron chi connectivity index (χ0n) is 10.8. The van der Waals surface area contributed by atoms with Gasteiger partial charge in [0.25, 0.3) is 0 Å². The Morgan fingerprint density at radius 3 is 2.50 bits per heavy atom. The van der Waals surface area contributed by atoms with E-state index in [-0.39, 0.29) is 0 Å². The fourth-order valence-electron chi connectivity index (χ4n) is 1.71. The summed E-state index contributed by atoms with van der Waals surface area (Å²) in [6.07, 6.45) is 1.75. The lowest BCUT2D eigenvalue weighted by molar-refractivity contribution is 0.336. The summed E-state index contributed by atoms with van der Waals surface area (Å²) in [5.74, 6) is 0.832. The lowest BCUT2D eigenvalue weighted by Crippen LogP contribution is -2.02. The molecule has 0 bridgehead atoms. The zero-order valence-corrected chi connectivity index (χ0v) is 15.5. The van der Waals surface area contributed by atoms with Gasteiger partial charge in [0.2, 0.25) is 0 Å². The van der Waals surface area contributed by atoms with Crippen LogP contribution in [-0.2, 0) is 6.54 Å². The van der Waals surface area contributed by atoms with Crippen LogP contribution in [0, 0.1) is 0 Å². The summed E-state index contributed by atoms with van der Waals surface area (Å²) >= 11 is 10.5. The molecular formula is C14H13Br3N2O. The molecule has 0 unspecified atom stereocenters. The summed E-state index contributed by atoms with van der Waals surface area (Å²) in [4.78, 5) is 4.18. The smallest absolute Gasteiger partial charge is 0.147 e. The average Bonchev–Trinajstić information content (AvgIpc) is 2.42. The van der Waals surface area contributed by atoms with Crippen molar-refractivity contribution < 1.29 is 4.74 Å². The molecule has 0 saturated heterocycles. The van der Waals surface area contributed by atoms with Gasteiger partial charge in [0.15, 0.2) is 0 Å². The van der Waals surface area contributed by atoms with E-state index >= 15 is 0 Å². The number of hydrogen-bond acceptors (Lipinski definition) is 3. The number of nitrogens with zero attached hydrogens (tertiary/aromatic N) is 1. The predicted octanol–water partition coefficient (Wildman–Crippen LogP) is 5.38. The molecule has 1 aromatic heterocycles. The molecule has 0 aliphatic rings. The number of rotatable bonds is 5. The molecule has 3 nitrogen and oxygen atoms in total. The van der Waals surface area contributed by atoms with Crippen molar-refractivity contribution in [2.24, 2.45) is 0 Å². The van der Waals surface area contributed by atoms with Gasteiger partial charge in [0.1, 0.15) is 10.4 Å². The Labute approximate surface area is 143 Å². The molecule has 0 radical (unpaired) electrons. The van der Waals surface area contributed by atoms with Gasteiger partial charge in [-0.15, -0.1) is 0 Å². The van der Waals surface area contributed by atoms with Crippen molar-refractivity contribution in [2.45, 2.75) is 13.5 Å². The van der Waals surface area contributed by atoms with Gasteiger partial charge in [-0.05, 0) is 84.5 Å². The second-order valence-corrected chi connectivity index (χ2v) is 6.48. The first kappa shape index (κ1) is 15.8. The lowest BCUT2D eigenvalue weighted by atomic mass is 10.2. The SMILES string of the molecule is CCOc1c(Br)cc(CNc2cccnc2Br)cc1Br. The van der Waals surface area contributed by atoms with Crippen molar-refractivity contribution in [3.63, 3.8) is 0 Å². The quantitative estimate of drug-likeness (QED) is 0.603. The highest BCUT2D eigenvalue weighted by Gasteiger charge is 2.09. The minimum atomic E-state index is 0.636. The molecule has 1 aromatic carbocycles. The molecule has 2 rings (SSSR count). The van der Waals surface area contributed by atoms with Gasteiger partial charge in [-0.1, -0.05) is 0 Å². The Kier molecular flexibility index (Phi) is 5.86. The fourth-order valence-corrected chi connectivity index (χ4v) is 3.61. The van der Waals surface area contributed by atoms with Gasteiger partial charge < -0.3 is 10.1 Å². The summed E-state index contributed by atoms with van der Waals surface area (Å²) in [5, 5.41) is 3.34. The van der Waals surface area contributed by atoms with Crippen molar-refractivity contribution in [1.29, 1.82) is 0 Å². The normalized spacial score (nSPS) is 10.4. The zero-order chi connectivity index (χ0) is 14.5. The standard InChI is InChI=1S/C14H13Br3N2O/c1-2-20-13-10(15)6-9(7-11(13)16)8-19-12-4-3-5-18-14(12)17/h3-7,19H,2,8H2,1H3. The monoisotopic (exact) mass is 462 g/mol. The van der Waals surface area contributed by atoms with Crippen LogP contribution in [0.3, 0.4) is 0 Å². The van der Waals surface area contributed by atoms with Crippen molar-refractivity contribution >= 4 is 53.5 Å². The van der Waals surface area contributed by atoms with Gasteiger partial charge in [0, 0.05) is 12.7 Å².